The van der Waals surface area contributed by atoms with Crippen molar-refractivity contribution in [1.82, 2.24) is 25.4 Å². The summed E-state index contributed by atoms with van der Waals surface area (Å²) < 4.78 is 5.74. The van der Waals surface area contributed by atoms with Crippen LogP contribution in [0.1, 0.15) is 93.4 Å². The number of carboxylic acid groups (broad SMARTS) is 1. The van der Waals surface area contributed by atoms with Crippen LogP contribution in [0.2, 0.25) is 0 Å². The van der Waals surface area contributed by atoms with Gasteiger partial charge in [-0.1, -0.05) is 51.1 Å². The highest BCUT2D eigenvalue weighted by molar-refractivity contribution is 7.09. The summed E-state index contributed by atoms with van der Waals surface area (Å²) in [5.74, 6) is -2.80. The first-order valence-electron chi connectivity index (χ1n) is 17.2. The molecule has 2 unspecified atom stereocenters. The Bertz CT molecular complexity index is 1460. The van der Waals surface area contributed by atoms with Crippen LogP contribution in [-0.4, -0.2) is 94.4 Å². The Kier molecular flexibility index (Phi) is 13.3. The summed E-state index contributed by atoms with van der Waals surface area (Å²) in [5.41, 5.74) is 1.10. The van der Waals surface area contributed by atoms with Crippen molar-refractivity contribution in [2.75, 3.05) is 20.6 Å². The maximum atomic E-state index is 14.0. The molecule has 1 aromatic carbocycles. The van der Waals surface area contributed by atoms with Crippen LogP contribution < -0.4 is 10.6 Å². The van der Waals surface area contributed by atoms with Crippen LogP contribution in [0.3, 0.4) is 0 Å². The Morgan fingerprint density at radius 3 is 2.33 bits per heavy atom. The van der Waals surface area contributed by atoms with Crippen molar-refractivity contribution in [3.05, 3.63) is 52.0 Å². The molecule has 0 radical (unpaired) electrons. The third-order valence-electron chi connectivity index (χ3n) is 9.61. The van der Waals surface area contributed by atoms with E-state index in [4.69, 9.17) is 4.74 Å². The fourth-order valence-corrected chi connectivity index (χ4v) is 7.44. The Balaban J connectivity index is 1.48. The maximum absolute atomic E-state index is 14.0. The minimum Gasteiger partial charge on any atom is -0.481 e. The average Bonchev–Trinajstić information content (AvgIpc) is 3.59. The Hall–Kier alpha value is -3.84. The summed E-state index contributed by atoms with van der Waals surface area (Å²) in [6.07, 6.45) is 3.58. The fourth-order valence-electron chi connectivity index (χ4n) is 6.60. The second-order valence-corrected chi connectivity index (χ2v) is 14.9. The van der Waals surface area contributed by atoms with Crippen molar-refractivity contribution in [3.8, 4) is 0 Å². The molecular formula is C36H51N5O7S. The molecule has 2 heterocycles. The number of nitrogens with zero attached hydrogens (tertiary/aromatic N) is 3. The van der Waals surface area contributed by atoms with Crippen LogP contribution in [0.5, 0.6) is 0 Å². The van der Waals surface area contributed by atoms with E-state index in [1.54, 1.807) is 24.3 Å². The number of thiazole rings is 1. The number of benzene rings is 1. The van der Waals surface area contributed by atoms with Crippen LogP contribution in [0, 0.1) is 17.8 Å². The molecule has 1 aromatic heterocycles. The third-order valence-corrected chi connectivity index (χ3v) is 10.5. The number of likely N-dealkylation sites (tertiary alicyclic amines) is 1. The van der Waals surface area contributed by atoms with E-state index in [0.29, 0.717) is 11.4 Å². The van der Waals surface area contributed by atoms with Crippen LogP contribution >= 0.6 is 11.3 Å². The molecule has 3 N–H and O–H groups in total. The topological polar surface area (TPSA) is 158 Å². The smallest absolute Gasteiger partial charge is 0.306 e. The van der Waals surface area contributed by atoms with Crippen molar-refractivity contribution in [2.45, 2.75) is 103 Å². The number of hydrogen-bond donors (Lipinski definition) is 3. The second kappa shape index (κ2) is 17.2. The summed E-state index contributed by atoms with van der Waals surface area (Å²) in [5, 5.41) is 17.6. The van der Waals surface area contributed by atoms with Gasteiger partial charge in [-0.15, -0.1) is 11.3 Å². The van der Waals surface area contributed by atoms with Gasteiger partial charge >= 0.3 is 11.9 Å². The van der Waals surface area contributed by atoms with Crippen LogP contribution in [-0.2, 0) is 30.3 Å². The number of amides is 3. The molecule has 2 aromatic rings. The minimum atomic E-state index is -0.942. The zero-order chi connectivity index (χ0) is 35.8. The lowest BCUT2D eigenvalue weighted by molar-refractivity contribution is -0.149. The Labute approximate surface area is 293 Å². The zero-order valence-corrected chi connectivity index (χ0v) is 30.2. The van der Waals surface area contributed by atoms with Crippen LogP contribution in [0.25, 0.3) is 0 Å². The number of aromatic nitrogens is 1. The molecule has 1 aliphatic heterocycles. The Morgan fingerprint density at radius 1 is 1.06 bits per heavy atom. The van der Waals surface area contributed by atoms with Crippen molar-refractivity contribution >= 4 is 41.0 Å². The second-order valence-electron chi connectivity index (χ2n) is 14.0. The van der Waals surface area contributed by atoms with Gasteiger partial charge in [-0.3, -0.25) is 28.9 Å². The first-order chi connectivity index (χ1) is 23.2. The van der Waals surface area contributed by atoms with Gasteiger partial charge in [0.2, 0.25) is 11.8 Å². The number of hydrogen-bond acceptors (Lipinski definition) is 9. The van der Waals surface area contributed by atoms with E-state index >= 15 is 0 Å². The summed E-state index contributed by atoms with van der Waals surface area (Å²) in [7, 11) is 3.66. The monoisotopic (exact) mass is 697 g/mol. The highest BCUT2D eigenvalue weighted by Gasteiger charge is 2.42. The summed E-state index contributed by atoms with van der Waals surface area (Å²) in [6.45, 7) is 7.75. The van der Waals surface area contributed by atoms with Gasteiger partial charge in [0.05, 0.1) is 12.0 Å². The molecular weight excluding hydrogens is 646 g/mol. The lowest BCUT2D eigenvalue weighted by Gasteiger charge is -2.36. The molecule has 6 atom stereocenters. The number of nitrogens with one attached hydrogen (secondary N) is 2. The molecule has 12 nitrogen and oxygen atoms in total. The highest BCUT2D eigenvalue weighted by Crippen LogP contribution is 2.36. The number of carbonyl (C=O) groups is 5. The molecule has 1 aliphatic carbocycles. The molecule has 13 heteroatoms. The fraction of sp³-hybridized carbons (Fsp3) is 0.611. The molecule has 4 rings (SSSR count). The van der Waals surface area contributed by atoms with Crippen molar-refractivity contribution < 1.29 is 33.8 Å². The van der Waals surface area contributed by atoms with Gasteiger partial charge in [0.1, 0.15) is 16.7 Å². The van der Waals surface area contributed by atoms with Gasteiger partial charge in [0.25, 0.3) is 5.91 Å². The highest BCUT2D eigenvalue weighted by atomic mass is 32.1. The van der Waals surface area contributed by atoms with E-state index in [-0.39, 0.29) is 54.3 Å². The quantitative estimate of drug-likeness (QED) is 0.207. The van der Waals surface area contributed by atoms with Gasteiger partial charge in [0, 0.05) is 37.9 Å². The molecule has 3 amide bonds. The van der Waals surface area contributed by atoms with E-state index in [1.807, 2.05) is 56.1 Å². The largest absolute Gasteiger partial charge is 0.481 e. The lowest BCUT2D eigenvalue weighted by Crippen LogP contribution is -2.55. The number of rotatable bonds is 17. The summed E-state index contributed by atoms with van der Waals surface area (Å²) >= 11 is 1.19. The van der Waals surface area contributed by atoms with E-state index in [1.165, 1.54) is 18.3 Å². The molecule has 0 spiro atoms. The van der Waals surface area contributed by atoms with Crippen LogP contribution in [0.15, 0.2) is 35.7 Å². The minimum absolute atomic E-state index is 0.0266. The first-order valence-corrected chi connectivity index (χ1v) is 18.1. The van der Waals surface area contributed by atoms with E-state index in [2.05, 4.69) is 15.6 Å². The van der Waals surface area contributed by atoms with Gasteiger partial charge in [-0.05, 0) is 69.5 Å². The van der Waals surface area contributed by atoms with E-state index < -0.39 is 42.0 Å². The van der Waals surface area contributed by atoms with Gasteiger partial charge in [-0.25, -0.2) is 4.98 Å². The third kappa shape index (κ3) is 10.6. The molecule has 1 saturated carbocycles. The molecule has 49 heavy (non-hydrogen) atoms. The maximum Gasteiger partial charge on any atom is 0.306 e. The molecule has 268 valence electrons. The number of likely N-dealkylation sites (N-methyl/N-ethyl adjacent to an activating group) is 2. The standard InChI is InChI=1S/C36H51N5O7S/c1-21(2)29(41(6)35(45)31(25-14-15-25)39-33(44)28-13-10-16-40(28)5)19-30(48-23(4)42)34-38-27(20-49-34)32(43)37-26(17-22(3)36(46)47)18-24-11-8-7-9-12-24/h7-9,11-12,20-22,25-26,28-31H,10,13-19H2,1-6H3,(H,37,43)(H,39,44)(H,46,47)/t22?,26?,28-,29-,30-,31+/m1/s1. The van der Waals surface area contributed by atoms with Crippen molar-refractivity contribution in [3.63, 3.8) is 0 Å². The number of ether oxygens (including phenoxy) is 1. The Morgan fingerprint density at radius 2 is 1.76 bits per heavy atom. The molecule has 2 aliphatic rings. The predicted octanol–water partition coefficient (Wildman–Crippen LogP) is 4.06. The summed E-state index contributed by atoms with van der Waals surface area (Å²) in [4.78, 5) is 72.7. The number of carbonyl (C=O) groups excluding carboxylic acids is 4. The first kappa shape index (κ1) is 38.0. The lowest BCUT2D eigenvalue weighted by atomic mass is 9.95. The van der Waals surface area contributed by atoms with Crippen molar-refractivity contribution in [1.29, 1.82) is 0 Å². The summed E-state index contributed by atoms with van der Waals surface area (Å²) in [6, 6.07) is 7.86. The number of aliphatic carboxylic acids is 1. The van der Waals surface area contributed by atoms with Gasteiger partial charge < -0.3 is 25.4 Å². The molecule has 2 fully saturated rings. The zero-order valence-electron chi connectivity index (χ0n) is 29.4. The predicted molar refractivity (Wildman–Crippen MR) is 186 cm³/mol. The number of esters is 1. The normalized spacial score (nSPS) is 19.4. The van der Waals surface area contributed by atoms with Crippen LogP contribution in [0.4, 0.5) is 0 Å². The number of carboxylic acids is 1. The molecule has 0 bridgehead atoms. The van der Waals surface area contributed by atoms with E-state index in [9.17, 15) is 29.1 Å². The SMILES string of the molecule is CC(=O)O[C@H](C[C@H](C(C)C)N(C)C(=O)[C@@H](NC(=O)[C@H]1CCCN1C)C1CC1)c1nc(C(=O)NC(Cc2ccccc2)CC(C)C(=O)O)cs1. The van der Waals surface area contributed by atoms with Gasteiger partial charge in [-0.2, -0.15) is 0 Å². The molecule has 1 saturated heterocycles. The van der Waals surface area contributed by atoms with Crippen molar-refractivity contribution in [2.24, 2.45) is 17.8 Å². The van der Waals surface area contributed by atoms with E-state index in [0.717, 1.165) is 37.8 Å². The van der Waals surface area contributed by atoms with Gasteiger partial charge in [0.15, 0.2) is 6.10 Å². The average molecular weight is 698 g/mol.